The summed E-state index contributed by atoms with van der Waals surface area (Å²) in [6.45, 7) is 1.62. The van der Waals surface area contributed by atoms with Gasteiger partial charge in [-0.25, -0.2) is 8.42 Å². The van der Waals surface area contributed by atoms with E-state index in [4.69, 9.17) is 4.74 Å². The topological polar surface area (TPSA) is 128 Å². The Morgan fingerprint density at radius 2 is 1.75 bits per heavy atom. The molecular formula is C28H32N4O7S. The summed E-state index contributed by atoms with van der Waals surface area (Å²) < 4.78 is 33.2. The number of carbonyl (C=O) groups excluding carboxylic acids is 3. The summed E-state index contributed by atoms with van der Waals surface area (Å²) in [6.07, 6.45) is 0.480. The number of benzene rings is 2. The van der Waals surface area contributed by atoms with Crippen LogP contribution in [0.15, 0.2) is 59.0 Å². The molecule has 3 heterocycles. The van der Waals surface area contributed by atoms with Crippen molar-refractivity contribution in [1.82, 2.24) is 14.1 Å². The van der Waals surface area contributed by atoms with Crippen LogP contribution in [0.25, 0.3) is 5.76 Å². The van der Waals surface area contributed by atoms with Crippen LogP contribution in [0.4, 0.5) is 5.69 Å². The van der Waals surface area contributed by atoms with Crippen LogP contribution < -0.4 is 4.90 Å². The number of ether oxygens (including phenoxy) is 1. The maximum absolute atomic E-state index is 14.1. The number of hydrogen-bond acceptors (Lipinski definition) is 8. The first-order valence-electron chi connectivity index (χ1n) is 13.0. The number of fused-ring (bicyclic) bond motifs is 2. The number of amides is 2. The van der Waals surface area contributed by atoms with E-state index in [1.54, 1.807) is 31.3 Å². The smallest absolute Gasteiger partial charge is 0.296 e. The summed E-state index contributed by atoms with van der Waals surface area (Å²) in [4.78, 5) is 45.7. The Morgan fingerprint density at radius 3 is 2.45 bits per heavy atom. The van der Waals surface area contributed by atoms with Gasteiger partial charge in [0.2, 0.25) is 10.0 Å². The molecule has 1 atom stereocenters. The fourth-order valence-corrected chi connectivity index (χ4v) is 7.15. The highest BCUT2D eigenvalue weighted by molar-refractivity contribution is 7.89. The van der Waals surface area contributed by atoms with Gasteiger partial charge in [-0.15, -0.1) is 0 Å². The first kappa shape index (κ1) is 28.0. The number of aliphatic hydroxyl groups excluding tert-OH is 1. The number of ketones is 1. The van der Waals surface area contributed by atoms with Gasteiger partial charge >= 0.3 is 0 Å². The number of Topliss-reactive ketones (excluding diaryl/α,β-unsaturated/α-hetero) is 1. The molecule has 2 aromatic rings. The molecule has 5 rings (SSSR count). The molecule has 12 heteroatoms. The Morgan fingerprint density at radius 1 is 1.05 bits per heavy atom. The summed E-state index contributed by atoms with van der Waals surface area (Å²) >= 11 is 0. The predicted octanol–water partition coefficient (Wildman–Crippen LogP) is 1.21. The van der Waals surface area contributed by atoms with E-state index in [2.05, 4.69) is 0 Å². The average Bonchev–Trinajstić information content (AvgIpc) is 3.31. The summed E-state index contributed by atoms with van der Waals surface area (Å²) in [5, 5.41) is 11.7. The van der Waals surface area contributed by atoms with Gasteiger partial charge in [0, 0.05) is 43.5 Å². The first-order chi connectivity index (χ1) is 19.0. The van der Waals surface area contributed by atoms with E-state index < -0.39 is 38.9 Å². The number of morpholine rings is 1. The molecule has 2 fully saturated rings. The van der Waals surface area contributed by atoms with Crippen molar-refractivity contribution in [3.63, 3.8) is 0 Å². The number of anilines is 1. The molecule has 40 heavy (non-hydrogen) atoms. The first-order valence-corrected chi connectivity index (χ1v) is 14.5. The predicted molar refractivity (Wildman–Crippen MR) is 147 cm³/mol. The molecule has 0 aromatic heterocycles. The number of carbonyl (C=O) groups is 3. The number of likely N-dealkylation sites (tertiary alicyclic amines) is 1. The summed E-state index contributed by atoms with van der Waals surface area (Å²) in [7, 11) is 1.41. The lowest BCUT2D eigenvalue weighted by Gasteiger charge is -2.34. The van der Waals surface area contributed by atoms with Crippen molar-refractivity contribution in [2.45, 2.75) is 16.9 Å². The van der Waals surface area contributed by atoms with E-state index in [1.165, 1.54) is 38.4 Å². The minimum Gasteiger partial charge on any atom is -0.507 e. The molecule has 212 valence electrons. The monoisotopic (exact) mass is 568 g/mol. The summed E-state index contributed by atoms with van der Waals surface area (Å²) in [5.41, 5.74) is -1.31. The quantitative estimate of drug-likeness (QED) is 0.300. The van der Waals surface area contributed by atoms with Crippen LogP contribution in [0.1, 0.15) is 17.5 Å². The van der Waals surface area contributed by atoms with Crippen LogP contribution in [0.5, 0.6) is 0 Å². The maximum Gasteiger partial charge on any atom is 0.296 e. The average molecular weight is 569 g/mol. The van der Waals surface area contributed by atoms with Gasteiger partial charge in [-0.2, -0.15) is 4.31 Å². The second-order valence-corrected chi connectivity index (χ2v) is 12.2. The Balaban J connectivity index is 1.69. The maximum atomic E-state index is 14.1. The van der Waals surface area contributed by atoms with Crippen LogP contribution in [0, 0.1) is 0 Å². The SMILES string of the molecule is CN(C)CCCN1C(=O)C(=O)C(=C(O)c2cccc(S(=O)(=O)N3CCOCC3)c2)[C@@]12C(=O)N(C)c1ccccc12. The van der Waals surface area contributed by atoms with Crippen LogP contribution >= 0.6 is 0 Å². The van der Waals surface area contributed by atoms with Crippen LogP contribution in [-0.4, -0.2) is 106 Å². The summed E-state index contributed by atoms with van der Waals surface area (Å²) in [5.74, 6) is -3.04. The van der Waals surface area contributed by atoms with Gasteiger partial charge in [-0.1, -0.05) is 30.3 Å². The lowest BCUT2D eigenvalue weighted by molar-refractivity contribution is -0.143. The Labute approximate surface area is 233 Å². The molecule has 2 aromatic carbocycles. The van der Waals surface area contributed by atoms with Gasteiger partial charge in [0.25, 0.3) is 17.6 Å². The molecule has 0 saturated carbocycles. The van der Waals surface area contributed by atoms with Crippen LogP contribution in [0.3, 0.4) is 0 Å². The highest BCUT2D eigenvalue weighted by Crippen LogP contribution is 2.53. The van der Waals surface area contributed by atoms with Crippen molar-refractivity contribution in [1.29, 1.82) is 0 Å². The number of para-hydroxylation sites is 1. The molecule has 1 N–H and O–H groups in total. The van der Waals surface area contributed by atoms with Crippen LogP contribution in [-0.2, 0) is 34.7 Å². The number of nitrogens with zero attached hydrogens (tertiary/aromatic N) is 4. The minimum atomic E-state index is -3.92. The van der Waals surface area contributed by atoms with Crippen molar-refractivity contribution in [2.24, 2.45) is 0 Å². The number of hydrogen-bond donors (Lipinski definition) is 1. The van der Waals surface area contributed by atoms with E-state index in [9.17, 15) is 27.9 Å². The van der Waals surface area contributed by atoms with Gasteiger partial charge in [-0.05, 0) is 45.3 Å². The molecule has 11 nitrogen and oxygen atoms in total. The number of rotatable bonds is 7. The van der Waals surface area contributed by atoms with Crippen molar-refractivity contribution in [2.75, 3.05) is 65.4 Å². The van der Waals surface area contributed by atoms with E-state index in [1.807, 2.05) is 19.0 Å². The number of likely N-dealkylation sites (N-methyl/N-ethyl adjacent to an activating group) is 1. The number of aliphatic hydroxyl groups is 1. The highest BCUT2D eigenvalue weighted by Gasteiger charge is 2.66. The zero-order valence-corrected chi connectivity index (χ0v) is 23.5. The van der Waals surface area contributed by atoms with E-state index in [0.717, 1.165) is 0 Å². The molecule has 3 aliphatic heterocycles. The number of sulfonamides is 1. The Hall–Kier alpha value is -3.58. The fourth-order valence-electron chi connectivity index (χ4n) is 5.70. The summed E-state index contributed by atoms with van der Waals surface area (Å²) in [6, 6.07) is 12.4. The third kappa shape index (κ3) is 4.22. The minimum absolute atomic E-state index is 0.0137. The Kier molecular flexibility index (Phi) is 7.29. The fraction of sp³-hybridized carbons (Fsp3) is 0.393. The van der Waals surface area contributed by atoms with Gasteiger partial charge in [0.05, 0.1) is 23.7 Å². The molecule has 0 aliphatic carbocycles. The van der Waals surface area contributed by atoms with Crippen LogP contribution in [0.2, 0.25) is 0 Å². The normalized spacial score (nSPS) is 23.1. The molecule has 0 bridgehead atoms. The zero-order chi connectivity index (χ0) is 28.8. The highest BCUT2D eigenvalue weighted by atomic mass is 32.2. The molecular weight excluding hydrogens is 536 g/mol. The second-order valence-electron chi connectivity index (χ2n) is 10.3. The van der Waals surface area contributed by atoms with E-state index in [0.29, 0.717) is 24.2 Å². The molecule has 0 unspecified atom stereocenters. The van der Waals surface area contributed by atoms with Crippen molar-refractivity contribution < 1.29 is 32.6 Å². The van der Waals surface area contributed by atoms with Gasteiger partial charge in [0.1, 0.15) is 5.76 Å². The lowest BCUT2D eigenvalue weighted by Crippen LogP contribution is -2.51. The van der Waals surface area contributed by atoms with Crippen molar-refractivity contribution in [3.05, 3.63) is 65.2 Å². The van der Waals surface area contributed by atoms with Gasteiger partial charge in [-0.3, -0.25) is 14.4 Å². The Bertz CT molecular complexity index is 1510. The molecule has 0 radical (unpaired) electrons. The standard InChI is InChI=1S/C28H32N4O7S/c1-29(2)12-7-13-32-26(35)25(34)23(28(32)21-10-4-5-11-22(21)30(3)27(28)36)24(33)19-8-6-9-20(18-19)40(37,38)31-14-16-39-17-15-31/h4-6,8-11,18,33H,7,12-17H2,1-3H3/t28-/m0/s1. The molecule has 3 aliphatic rings. The second kappa shape index (κ2) is 10.4. The lowest BCUT2D eigenvalue weighted by atomic mass is 9.82. The molecule has 2 saturated heterocycles. The zero-order valence-electron chi connectivity index (χ0n) is 22.7. The van der Waals surface area contributed by atoms with E-state index >= 15 is 0 Å². The van der Waals surface area contributed by atoms with Gasteiger partial charge < -0.3 is 24.5 Å². The molecule has 2 amide bonds. The van der Waals surface area contributed by atoms with Gasteiger partial charge in [0.15, 0.2) is 5.54 Å². The van der Waals surface area contributed by atoms with E-state index in [-0.39, 0.29) is 48.9 Å². The van der Waals surface area contributed by atoms with Crippen molar-refractivity contribution >= 4 is 39.1 Å². The van der Waals surface area contributed by atoms with Crippen molar-refractivity contribution in [3.8, 4) is 0 Å². The third-order valence-electron chi connectivity index (χ3n) is 7.64. The largest absolute Gasteiger partial charge is 0.507 e. The third-order valence-corrected chi connectivity index (χ3v) is 9.54. The molecule has 1 spiro atoms.